The molecule has 0 fully saturated rings. The molecule has 0 unspecified atom stereocenters. The van der Waals surface area contributed by atoms with Crippen LogP contribution in [0.25, 0.3) is 0 Å². The molecule has 0 spiro atoms. The molecule has 45 heavy (non-hydrogen) atoms. The fourth-order valence-corrected chi connectivity index (χ4v) is 5.77. The predicted molar refractivity (Wildman–Crippen MR) is 190 cm³/mol. The molecule has 2 atom stereocenters. The summed E-state index contributed by atoms with van der Waals surface area (Å²) in [5, 5.41) is 20.0. The van der Waals surface area contributed by atoms with E-state index in [4.69, 9.17) is 0 Å². The standard InChI is InChI=1S/C41H54O4/c1-28(17-13-14-19-30(3)22-24-34-32(5)38(44)36(42)26-40(34,7)8)16-11-12-18-29(2)20-15-21-31(4)23-25-35-33(6)39(45)37(43)27-41(35,9)10/h11-16,18-25,36-37,42-43H,17,26-27H2,1-10H3/b12-11+,14-13+,20-15+,24-22+,25-23+,28-16+,29-18+,30-19+,31-21+/t36-,37-/m0/s1. The molecule has 0 saturated carbocycles. The Bertz CT molecular complexity index is 1470. The van der Waals surface area contributed by atoms with E-state index in [1.54, 1.807) is 13.8 Å². The number of carbonyl (C=O) groups is 2. The molecule has 0 bridgehead atoms. The third kappa shape index (κ3) is 11.4. The summed E-state index contributed by atoms with van der Waals surface area (Å²) in [4.78, 5) is 24.5. The smallest absolute Gasteiger partial charge is 0.187 e. The van der Waals surface area contributed by atoms with Crippen molar-refractivity contribution < 1.29 is 19.8 Å². The summed E-state index contributed by atoms with van der Waals surface area (Å²) in [5.74, 6) is -0.342. The van der Waals surface area contributed by atoms with Crippen LogP contribution in [0.2, 0.25) is 0 Å². The summed E-state index contributed by atoms with van der Waals surface area (Å²) in [6, 6.07) is 0. The molecule has 0 amide bonds. The van der Waals surface area contributed by atoms with Gasteiger partial charge in [0.2, 0.25) is 0 Å². The Balaban J connectivity index is 1.90. The van der Waals surface area contributed by atoms with Crippen LogP contribution in [0.15, 0.2) is 130 Å². The lowest BCUT2D eigenvalue weighted by Gasteiger charge is -2.34. The summed E-state index contributed by atoms with van der Waals surface area (Å²) in [5.41, 5.74) is 7.36. The van der Waals surface area contributed by atoms with Gasteiger partial charge in [-0.25, -0.2) is 0 Å². The van der Waals surface area contributed by atoms with Crippen molar-refractivity contribution in [3.05, 3.63) is 130 Å². The van der Waals surface area contributed by atoms with Gasteiger partial charge < -0.3 is 10.2 Å². The lowest BCUT2D eigenvalue weighted by atomic mass is 9.71. The molecule has 2 N–H and O–H groups in total. The minimum Gasteiger partial charge on any atom is -0.385 e. The number of aliphatic hydroxyl groups excluding tert-OH is 2. The quantitative estimate of drug-likeness (QED) is 0.229. The second-order valence-electron chi connectivity index (χ2n) is 13.8. The van der Waals surface area contributed by atoms with Gasteiger partial charge in [-0.3, -0.25) is 9.59 Å². The van der Waals surface area contributed by atoms with Gasteiger partial charge in [-0.15, -0.1) is 0 Å². The third-order valence-corrected chi connectivity index (χ3v) is 8.55. The van der Waals surface area contributed by atoms with Crippen LogP contribution in [0.3, 0.4) is 0 Å². The lowest BCUT2D eigenvalue weighted by molar-refractivity contribution is -0.126. The number of hydrogen-bond donors (Lipinski definition) is 2. The molecule has 2 aliphatic rings. The van der Waals surface area contributed by atoms with E-state index in [9.17, 15) is 19.8 Å². The number of allylic oxidation sites excluding steroid dienone is 20. The first-order valence-electron chi connectivity index (χ1n) is 15.9. The molecule has 0 aliphatic heterocycles. The molecule has 0 aromatic carbocycles. The van der Waals surface area contributed by atoms with E-state index in [2.05, 4.69) is 84.1 Å². The van der Waals surface area contributed by atoms with Gasteiger partial charge in [-0.2, -0.15) is 0 Å². The Morgan fingerprint density at radius 3 is 1.53 bits per heavy atom. The van der Waals surface area contributed by atoms with Crippen molar-refractivity contribution in [3.8, 4) is 0 Å². The van der Waals surface area contributed by atoms with E-state index in [-0.39, 0.29) is 22.4 Å². The molecule has 2 rings (SSSR count). The highest BCUT2D eigenvalue weighted by Crippen LogP contribution is 2.40. The van der Waals surface area contributed by atoms with E-state index in [0.717, 1.165) is 34.3 Å². The third-order valence-electron chi connectivity index (χ3n) is 8.55. The first-order valence-corrected chi connectivity index (χ1v) is 15.9. The van der Waals surface area contributed by atoms with Gasteiger partial charge in [0.1, 0.15) is 12.2 Å². The lowest BCUT2D eigenvalue weighted by Crippen LogP contribution is -2.35. The summed E-state index contributed by atoms with van der Waals surface area (Å²) < 4.78 is 0. The second-order valence-corrected chi connectivity index (χ2v) is 13.8. The molecular weight excluding hydrogens is 556 g/mol. The van der Waals surface area contributed by atoms with Gasteiger partial charge in [0, 0.05) is 0 Å². The van der Waals surface area contributed by atoms with Gasteiger partial charge in [0.05, 0.1) is 0 Å². The maximum absolute atomic E-state index is 12.2. The number of rotatable bonds is 11. The van der Waals surface area contributed by atoms with Crippen molar-refractivity contribution >= 4 is 11.6 Å². The van der Waals surface area contributed by atoms with Crippen molar-refractivity contribution in [2.45, 2.75) is 101 Å². The van der Waals surface area contributed by atoms with Crippen LogP contribution in [0.1, 0.15) is 88.5 Å². The SMILES string of the molecule is CC1=C(/C=C/C(C)=C/C=C/C/C(C)=C/C=C/C=C(C)/C=C/C=C(C)/C=C/C2=C(C)C(=O)[C@@H](O)CC2(C)C)C(C)(C)C[C@H](O)C1=O. The topological polar surface area (TPSA) is 74.6 Å². The molecule has 4 nitrogen and oxygen atoms in total. The second kappa shape index (κ2) is 16.6. The van der Waals surface area contributed by atoms with Crippen molar-refractivity contribution in [2.24, 2.45) is 10.8 Å². The fourth-order valence-electron chi connectivity index (χ4n) is 5.77. The van der Waals surface area contributed by atoms with E-state index in [1.807, 2.05) is 56.4 Å². The van der Waals surface area contributed by atoms with Crippen molar-refractivity contribution in [3.63, 3.8) is 0 Å². The number of carbonyl (C=O) groups excluding carboxylic acids is 2. The Labute approximate surface area is 272 Å². The zero-order valence-electron chi connectivity index (χ0n) is 29.1. The molecule has 242 valence electrons. The average molecular weight is 611 g/mol. The largest absolute Gasteiger partial charge is 0.385 e. The molecule has 4 heteroatoms. The highest BCUT2D eigenvalue weighted by atomic mass is 16.3. The van der Waals surface area contributed by atoms with E-state index in [1.165, 1.54) is 5.57 Å². The molecule has 0 radical (unpaired) electrons. The Morgan fingerprint density at radius 2 is 1.04 bits per heavy atom. The molecule has 0 heterocycles. The number of Topliss-reactive ketones (excluding diaryl/α,β-unsaturated/α-hetero) is 2. The number of hydrogen-bond acceptors (Lipinski definition) is 4. The van der Waals surface area contributed by atoms with Crippen molar-refractivity contribution in [1.82, 2.24) is 0 Å². The Hall–Kier alpha value is -3.60. The fraction of sp³-hybridized carbons (Fsp3) is 0.415. The minimum atomic E-state index is -0.905. The minimum absolute atomic E-state index is 0.170. The van der Waals surface area contributed by atoms with Crippen molar-refractivity contribution in [1.29, 1.82) is 0 Å². The van der Waals surface area contributed by atoms with Gasteiger partial charge >= 0.3 is 0 Å². The van der Waals surface area contributed by atoms with Gasteiger partial charge in [0.15, 0.2) is 11.6 Å². The van der Waals surface area contributed by atoms with Crippen LogP contribution < -0.4 is 0 Å². The Kier molecular flexibility index (Phi) is 13.9. The van der Waals surface area contributed by atoms with Crippen molar-refractivity contribution in [2.75, 3.05) is 0 Å². The van der Waals surface area contributed by atoms with Crippen LogP contribution in [0.5, 0.6) is 0 Å². The zero-order chi connectivity index (χ0) is 33.9. The zero-order valence-corrected chi connectivity index (χ0v) is 29.1. The highest BCUT2D eigenvalue weighted by Gasteiger charge is 2.37. The van der Waals surface area contributed by atoms with E-state index < -0.39 is 12.2 Å². The van der Waals surface area contributed by atoms with Gasteiger partial charge in [0.25, 0.3) is 0 Å². The molecular formula is C41H54O4. The Morgan fingerprint density at radius 1 is 0.644 bits per heavy atom. The maximum atomic E-state index is 12.2. The van der Waals surface area contributed by atoms with Gasteiger partial charge in [-0.05, 0) is 93.9 Å². The summed E-state index contributed by atoms with van der Waals surface area (Å²) in [7, 11) is 0. The van der Waals surface area contributed by atoms with E-state index >= 15 is 0 Å². The predicted octanol–water partition coefficient (Wildman–Crippen LogP) is 9.30. The van der Waals surface area contributed by atoms with Gasteiger partial charge in [-0.1, -0.05) is 135 Å². The van der Waals surface area contributed by atoms with Crippen LogP contribution >= 0.6 is 0 Å². The molecule has 0 saturated heterocycles. The van der Waals surface area contributed by atoms with Crippen LogP contribution in [-0.2, 0) is 9.59 Å². The summed E-state index contributed by atoms with van der Waals surface area (Å²) >= 11 is 0. The normalized spacial score (nSPS) is 24.3. The first kappa shape index (κ1) is 37.6. The first-order chi connectivity index (χ1) is 21.0. The molecule has 0 aromatic heterocycles. The molecule has 2 aliphatic carbocycles. The number of aliphatic hydroxyl groups is 2. The van der Waals surface area contributed by atoms with E-state index in [0.29, 0.717) is 24.0 Å². The number of ketones is 2. The highest BCUT2D eigenvalue weighted by molar-refractivity contribution is 6.01. The molecule has 0 aromatic rings. The average Bonchev–Trinajstić information content (AvgIpc) is 2.94. The summed E-state index contributed by atoms with van der Waals surface area (Å²) in [6.45, 7) is 20.1. The monoisotopic (exact) mass is 610 g/mol. The van der Waals surface area contributed by atoms with Crippen LogP contribution in [0.4, 0.5) is 0 Å². The van der Waals surface area contributed by atoms with Crippen LogP contribution in [0, 0.1) is 10.8 Å². The van der Waals surface area contributed by atoms with Crippen LogP contribution in [-0.4, -0.2) is 34.0 Å². The maximum Gasteiger partial charge on any atom is 0.187 e. The summed E-state index contributed by atoms with van der Waals surface area (Å²) in [6.07, 6.45) is 28.7.